The van der Waals surface area contributed by atoms with Gasteiger partial charge in [-0.05, 0) is 47.9 Å². The Morgan fingerprint density at radius 2 is 1.70 bits per heavy atom. The first-order chi connectivity index (χ1) is 15.5. The third-order valence-electron chi connectivity index (χ3n) is 4.47. The number of rotatable bonds is 4. The summed E-state index contributed by atoms with van der Waals surface area (Å²) in [5.41, 5.74) is 0.0889. The fourth-order valence-corrected chi connectivity index (χ4v) is 5.96. The number of anilines is 1. The van der Waals surface area contributed by atoms with E-state index in [2.05, 4.69) is 5.32 Å². The summed E-state index contributed by atoms with van der Waals surface area (Å²) >= 11 is 18.2. The summed E-state index contributed by atoms with van der Waals surface area (Å²) in [4.78, 5) is 24.7. The number of thiophene rings is 1. The van der Waals surface area contributed by atoms with Crippen LogP contribution >= 0.6 is 46.1 Å². The van der Waals surface area contributed by atoms with Crippen molar-refractivity contribution in [2.45, 2.75) is 4.21 Å². The molecule has 2 aromatic carbocycles. The second kappa shape index (κ2) is 8.88. The first-order valence-electron chi connectivity index (χ1n) is 8.98. The van der Waals surface area contributed by atoms with E-state index in [1.807, 2.05) is 4.72 Å². The summed E-state index contributed by atoms with van der Waals surface area (Å²) in [7, 11) is -4.17. The predicted octanol–water partition coefficient (Wildman–Crippen LogP) is 5.23. The third-order valence-corrected chi connectivity index (χ3v) is 8.37. The predicted molar refractivity (Wildman–Crippen MR) is 130 cm³/mol. The van der Waals surface area contributed by atoms with Crippen LogP contribution in [-0.2, 0) is 10.0 Å². The fraction of sp³-hybridized carbons (Fsp3) is 0. The number of amides is 2. The second-order valence-electron chi connectivity index (χ2n) is 6.67. The van der Waals surface area contributed by atoms with Gasteiger partial charge in [0.05, 0.1) is 10.7 Å². The van der Waals surface area contributed by atoms with Gasteiger partial charge >= 0.3 is 6.03 Å². The van der Waals surface area contributed by atoms with E-state index in [1.165, 1.54) is 36.4 Å². The summed E-state index contributed by atoms with van der Waals surface area (Å²) < 4.78 is 27.4. The zero-order valence-corrected chi connectivity index (χ0v) is 20.1. The lowest BCUT2D eigenvalue weighted by molar-refractivity contribution is 0.256. The van der Waals surface area contributed by atoms with Gasteiger partial charge in [-0.1, -0.05) is 40.9 Å². The standard InChI is InChI=1S/C20H12Cl3N3O5S2/c21-11-2-1-10-7-16(27)26(19(28)14(10)8-11)13-5-3-12(4-6-13)24-20(29)25-33(30,31)17-9-15(22)18(23)32-17/h1-9,28H,(H2,24,25,29). The van der Waals surface area contributed by atoms with E-state index in [9.17, 15) is 23.1 Å². The van der Waals surface area contributed by atoms with Gasteiger partial charge in [0.25, 0.3) is 15.6 Å². The number of pyridine rings is 1. The van der Waals surface area contributed by atoms with Crippen molar-refractivity contribution in [3.63, 3.8) is 0 Å². The Labute approximate surface area is 206 Å². The summed E-state index contributed by atoms with van der Waals surface area (Å²) in [6, 6.07) is 12.1. The average Bonchev–Trinajstić information content (AvgIpc) is 3.09. The number of aromatic hydroxyl groups is 1. The van der Waals surface area contributed by atoms with Crippen LogP contribution in [0.15, 0.2) is 63.6 Å². The van der Waals surface area contributed by atoms with Gasteiger partial charge < -0.3 is 10.4 Å². The monoisotopic (exact) mass is 543 g/mol. The van der Waals surface area contributed by atoms with Crippen LogP contribution in [0.2, 0.25) is 14.4 Å². The van der Waals surface area contributed by atoms with E-state index >= 15 is 0 Å². The van der Waals surface area contributed by atoms with E-state index in [4.69, 9.17) is 34.8 Å². The van der Waals surface area contributed by atoms with Crippen molar-refractivity contribution in [2.24, 2.45) is 0 Å². The van der Waals surface area contributed by atoms with Crippen LogP contribution in [0, 0.1) is 0 Å². The van der Waals surface area contributed by atoms with Gasteiger partial charge in [-0.3, -0.25) is 4.79 Å². The number of carbonyl (C=O) groups is 1. The number of nitrogens with one attached hydrogen (secondary N) is 2. The highest BCUT2D eigenvalue weighted by Gasteiger charge is 2.22. The molecule has 0 aliphatic rings. The molecule has 0 spiro atoms. The number of aromatic nitrogens is 1. The molecule has 13 heteroatoms. The molecule has 2 aromatic heterocycles. The molecule has 8 nitrogen and oxygen atoms in total. The van der Waals surface area contributed by atoms with E-state index in [0.717, 1.165) is 10.6 Å². The summed E-state index contributed by atoms with van der Waals surface area (Å²) in [6.07, 6.45) is 0. The zero-order chi connectivity index (χ0) is 23.9. The normalized spacial score (nSPS) is 11.5. The van der Waals surface area contributed by atoms with E-state index in [1.54, 1.807) is 12.1 Å². The first kappa shape index (κ1) is 23.4. The average molecular weight is 545 g/mol. The SMILES string of the molecule is O=C(Nc1ccc(-n2c(O)c3cc(Cl)ccc3cc2=O)cc1)NS(=O)(=O)c1cc(Cl)c(Cl)s1. The molecule has 2 heterocycles. The van der Waals surface area contributed by atoms with E-state index in [-0.39, 0.29) is 25.1 Å². The van der Waals surface area contributed by atoms with Gasteiger partial charge in [0.15, 0.2) is 0 Å². The molecule has 0 atom stereocenters. The number of fused-ring (bicyclic) bond motifs is 1. The molecule has 3 N–H and O–H groups in total. The fourth-order valence-electron chi connectivity index (χ4n) is 3.00. The number of benzene rings is 2. The minimum Gasteiger partial charge on any atom is -0.494 e. The van der Waals surface area contributed by atoms with Crippen LogP contribution in [0.1, 0.15) is 0 Å². The van der Waals surface area contributed by atoms with Crippen LogP contribution in [-0.4, -0.2) is 24.1 Å². The number of halogens is 3. The number of hydrogen-bond acceptors (Lipinski definition) is 6. The highest BCUT2D eigenvalue weighted by molar-refractivity contribution is 7.92. The van der Waals surface area contributed by atoms with Crippen molar-refractivity contribution in [2.75, 3.05) is 5.32 Å². The number of sulfonamides is 1. The Morgan fingerprint density at radius 3 is 2.33 bits per heavy atom. The van der Waals surface area contributed by atoms with Crippen LogP contribution in [0.3, 0.4) is 0 Å². The molecule has 4 rings (SSSR count). The summed E-state index contributed by atoms with van der Waals surface area (Å²) in [5, 5.41) is 14.4. The van der Waals surface area contributed by atoms with E-state index in [0.29, 0.717) is 32.8 Å². The van der Waals surface area contributed by atoms with Crippen molar-refractivity contribution in [1.29, 1.82) is 0 Å². The highest BCUT2D eigenvalue weighted by Crippen LogP contribution is 2.34. The Morgan fingerprint density at radius 1 is 1.00 bits per heavy atom. The van der Waals surface area contributed by atoms with E-state index < -0.39 is 21.6 Å². The Bertz CT molecular complexity index is 1550. The molecule has 0 bridgehead atoms. The molecule has 0 fully saturated rings. The molecular weight excluding hydrogens is 533 g/mol. The number of hydrogen-bond donors (Lipinski definition) is 3. The molecule has 170 valence electrons. The van der Waals surface area contributed by atoms with Crippen LogP contribution in [0.4, 0.5) is 10.5 Å². The van der Waals surface area contributed by atoms with Crippen LogP contribution in [0.25, 0.3) is 16.5 Å². The van der Waals surface area contributed by atoms with Crippen molar-refractivity contribution in [3.05, 3.63) is 79.3 Å². The molecule has 0 saturated heterocycles. The number of carbonyl (C=O) groups excluding carboxylic acids is 1. The van der Waals surface area contributed by atoms with Crippen molar-refractivity contribution < 1.29 is 18.3 Å². The quantitative estimate of drug-likeness (QED) is 0.325. The van der Waals surface area contributed by atoms with Crippen molar-refractivity contribution in [1.82, 2.24) is 9.29 Å². The van der Waals surface area contributed by atoms with Gasteiger partial charge in [0.2, 0.25) is 5.88 Å². The lowest BCUT2D eigenvalue weighted by Gasteiger charge is -2.12. The van der Waals surface area contributed by atoms with Crippen molar-refractivity contribution in [3.8, 4) is 11.6 Å². The van der Waals surface area contributed by atoms with Gasteiger partial charge in [-0.25, -0.2) is 22.5 Å². The second-order valence-corrected chi connectivity index (χ2v) is 11.1. The maximum absolute atomic E-state index is 12.5. The maximum Gasteiger partial charge on any atom is 0.333 e. The van der Waals surface area contributed by atoms with Gasteiger partial charge in [-0.2, -0.15) is 0 Å². The van der Waals surface area contributed by atoms with Gasteiger partial charge in [-0.15, -0.1) is 11.3 Å². The topological polar surface area (TPSA) is 118 Å². The maximum atomic E-state index is 12.5. The molecule has 0 saturated carbocycles. The van der Waals surface area contributed by atoms with Gasteiger partial charge in [0, 0.05) is 22.2 Å². The Balaban J connectivity index is 1.55. The molecule has 2 amide bonds. The number of nitrogens with zero attached hydrogens (tertiary/aromatic N) is 1. The van der Waals surface area contributed by atoms with Crippen molar-refractivity contribution >= 4 is 78.7 Å². The number of urea groups is 1. The molecule has 0 aliphatic heterocycles. The lowest BCUT2D eigenvalue weighted by Crippen LogP contribution is -2.33. The zero-order valence-electron chi connectivity index (χ0n) is 16.2. The molecule has 0 radical (unpaired) electrons. The highest BCUT2D eigenvalue weighted by atomic mass is 35.5. The molecule has 4 aromatic rings. The Kier molecular flexibility index (Phi) is 6.30. The molecule has 0 aliphatic carbocycles. The third kappa shape index (κ3) is 4.80. The minimum absolute atomic E-state index is 0.0625. The Hall–Kier alpha value is -2.76. The largest absolute Gasteiger partial charge is 0.494 e. The van der Waals surface area contributed by atoms with Crippen LogP contribution in [0.5, 0.6) is 5.88 Å². The summed E-state index contributed by atoms with van der Waals surface area (Å²) in [5.74, 6) is -0.294. The van der Waals surface area contributed by atoms with Gasteiger partial charge in [0.1, 0.15) is 8.55 Å². The molecule has 0 unspecified atom stereocenters. The smallest absolute Gasteiger partial charge is 0.333 e. The minimum atomic E-state index is -4.17. The van der Waals surface area contributed by atoms with Crippen LogP contribution < -0.4 is 15.6 Å². The molecule has 33 heavy (non-hydrogen) atoms. The molecular formula is C20H12Cl3N3O5S2. The lowest BCUT2D eigenvalue weighted by atomic mass is 10.1. The first-order valence-corrected chi connectivity index (χ1v) is 12.4. The summed E-state index contributed by atoms with van der Waals surface area (Å²) in [6.45, 7) is 0.